The van der Waals surface area contributed by atoms with E-state index in [1.807, 2.05) is 30.5 Å². The second-order valence-electron chi connectivity index (χ2n) is 8.27. The summed E-state index contributed by atoms with van der Waals surface area (Å²) in [4.78, 5) is 42.9. The Morgan fingerprint density at radius 2 is 1.97 bits per heavy atom. The molecule has 10 nitrogen and oxygen atoms in total. The Balaban J connectivity index is 1.46. The zero-order chi connectivity index (χ0) is 22.5. The molecule has 0 aliphatic carbocycles. The van der Waals surface area contributed by atoms with Crippen LogP contribution in [-0.4, -0.2) is 63.7 Å². The highest BCUT2D eigenvalue weighted by atomic mass is 16.6. The van der Waals surface area contributed by atoms with Crippen molar-refractivity contribution in [2.24, 2.45) is 0 Å². The van der Waals surface area contributed by atoms with Crippen LogP contribution in [-0.2, 0) is 9.59 Å². The molecule has 2 saturated heterocycles. The number of rotatable bonds is 7. The highest BCUT2D eigenvalue weighted by Gasteiger charge is 2.30. The number of hydrogen-bond donors (Lipinski definition) is 3. The van der Waals surface area contributed by atoms with E-state index in [1.165, 1.54) is 0 Å². The Hall–Kier alpha value is -3.56. The summed E-state index contributed by atoms with van der Waals surface area (Å²) in [5.41, 5.74) is 1.55. The van der Waals surface area contributed by atoms with E-state index in [2.05, 4.69) is 15.6 Å². The van der Waals surface area contributed by atoms with Crippen LogP contribution in [0.25, 0.3) is 10.9 Å². The van der Waals surface area contributed by atoms with Crippen molar-refractivity contribution in [2.75, 3.05) is 31.5 Å². The number of amides is 2. The average molecular weight is 441 g/mol. The number of likely N-dealkylation sites (tertiary alicyclic amines) is 2. The summed E-state index contributed by atoms with van der Waals surface area (Å²) in [6.45, 7) is 2.06. The van der Waals surface area contributed by atoms with E-state index >= 15 is 0 Å². The third kappa shape index (κ3) is 5.19. The topological polar surface area (TPSA) is 124 Å². The number of carbonyl (C=O) groups excluding carboxylic acids is 2. The van der Waals surface area contributed by atoms with Crippen molar-refractivity contribution in [2.45, 2.75) is 38.1 Å². The van der Waals surface area contributed by atoms with Crippen molar-refractivity contribution in [3.05, 3.63) is 52.6 Å². The van der Waals surface area contributed by atoms with Gasteiger partial charge in [0.15, 0.2) is 5.82 Å². The van der Waals surface area contributed by atoms with E-state index in [0.717, 1.165) is 55.9 Å². The maximum Gasteiger partial charge on any atom is 0.274 e. The van der Waals surface area contributed by atoms with E-state index in [1.54, 1.807) is 9.80 Å². The zero-order valence-corrected chi connectivity index (χ0v) is 17.9. The van der Waals surface area contributed by atoms with E-state index in [-0.39, 0.29) is 24.2 Å². The largest absolute Gasteiger partial charge is 0.361 e. The first-order valence-corrected chi connectivity index (χ1v) is 11.0. The van der Waals surface area contributed by atoms with Crippen LogP contribution in [0.4, 0.5) is 5.69 Å². The molecule has 1 aromatic carbocycles. The highest BCUT2D eigenvalue weighted by Crippen LogP contribution is 2.20. The number of aromatic amines is 1. The number of benzene rings is 1. The minimum absolute atomic E-state index is 0.0325. The Morgan fingerprint density at radius 1 is 1.19 bits per heavy atom. The number of nitrogens with zero attached hydrogens (tertiary/aromatic N) is 3. The Kier molecular flexibility index (Phi) is 6.58. The van der Waals surface area contributed by atoms with E-state index in [0.29, 0.717) is 18.7 Å². The summed E-state index contributed by atoms with van der Waals surface area (Å²) in [5.74, 6) is -0.104. The second kappa shape index (κ2) is 9.71. The molecule has 2 amide bonds. The van der Waals surface area contributed by atoms with Crippen molar-refractivity contribution in [1.82, 2.24) is 20.1 Å². The Labute approximate surface area is 185 Å². The normalized spacial score (nSPS) is 19.8. The summed E-state index contributed by atoms with van der Waals surface area (Å²) < 4.78 is 0. The van der Waals surface area contributed by atoms with Gasteiger partial charge in [0.05, 0.1) is 11.5 Å². The first kappa shape index (κ1) is 21.7. The first-order valence-electron chi connectivity index (χ1n) is 11.0. The molecule has 170 valence electrons. The van der Waals surface area contributed by atoms with Crippen LogP contribution in [0.1, 0.15) is 32.1 Å². The van der Waals surface area contributed by atoms with Gasteiger partial charge in [-0.05, 0) is 55.7 Å². The van der Waals surface area contributed by atoms with Crippen LogP contribution in [0.3, 0.4) is 0 Å². The van der Waals surface area contributed by atoms with Gasteiger partial charge in [0.1, 0.15) is 6.04 Å². The van der Waals surface area contributed by atoms with Gasteiger partial charge in [-0.2, -0.15) is 0 Å². The fraction of sp³-hybridized carbons (Fsp3) is 0.455. The number of fused-ring (bicyclic) bond motifs is 1. The maximum absolute atomic E-state index is 13.2. The number of hydrogen-bond acceptors (Lipinski definition) is 6. The smallest absolute Gasteiger partial charge is 0.274 e. The molecule has 3 heterocycles. The summed E-state index contributed by atoms with van der Waals surface area (Å²) in [5, 5.41) is 18.3. The molecule has 2 aliphatic heterocycles. The van der Waals surface area contributed by atoms with Gasteiger partial charge in [-0.1, -0.05) is 6.07 Å². The highest BCUT2D eigenvalue weighted by molar-refractivity contribution is 5.88. The van der Waals surface area contributed by atoms with Crippen LogP contribution >= 0.6 is 0 Å². The standard InChI is InChI=1S/C22H28N6O4/c29-21(26-10-3-4-11-26)15-27-12-2-1-5-18(22(27)30)25-20(14-28(31)32)24-17-7-6-16-8-9-23-19(16)13-17/h6-9,13-14,18,23-25H,1-5,10-12,15H2/t18-/m0/s1. The molecule has 4 rings (SSSR count). The predicted molar refractivity (Wildman–Crippen MR) is 120 cm³/mol. The summed E-state index contributed by atoms with van der Waals surface area (Å²) >= 11 is 0. The van der Waals surface area contributed by atoms with Crippen LogP contribution in [0.5, 0.6) is 0 Å². The second-order valence-corrected chi connectivity index (χ2v) is 8.27. The van der Waals surface area contributed by atoms with Crippen molar-refractivity contribution in [3.63, 3.8) is 0 Å². The number of anilines is 1. The molecule has 2 fully saturated rings. The molecule has 0 bridgehead atoms. The summed E-state index contributed by atoms with van der Waals surface area (Å²) in [7, 11) is 0. The Morgan fingerprint density at radius 3 is 2.75 bits per heavy atom. The molecule has 10 heteroatoms. The molecule has 0 radical (unpaired) electrons. The average Bonchev–Trinajstić information content (AvgIpc) is 3.42. The lowest BCUT2D eigenvalue weighted by Gasteiger charge is -2.27. The van der Waals surface area contributed by atoms with Gasteiger partial charge in [-0.3, -0.25) is 19.7 Å². The maximum atomic E-state index is 13.2. The number of H-pyrrole nitrogens is 1. The van der Waals surface area contributed by atoms with Gasteiger partial charge in [-0.15, -0.1) is 0 Å². The third-order valence-electron chi connectivity index (χ3n) is 5.96. The molecule has 0 saturated carbocycles. The van der Waals surface area contributed by atoms with Crippen molar-refractivity contribution in [3.8, 4) is 0 Å². The molecule has 3 N–H and O–H groups in total. The lowest BCUT2D eigenvalue weighted by molar-refractivity contribution is -0.403. The molecular weight excluding hydrogens is 412 g/mol. The van der Waals surface area contributed by atoms with Crippen LogP contribution in [0.2, 0.25) is 0 Å². The number of aromatic nitrogens is 1. The van der Waals surface area contributed by atoms with Crippen LogP contribution in [0.15, 0.2) is 42.5 Å². The van der Waals surface area contributed by atoms with Crippen LogP contribution < -0.4 is 10.6 Å². The van der Waals surface area contributed by atoms with Gasteiger partial charge in [-0.25, -0.2) is 0 Å². The minimum Gasteiger partial charge on any atom is -0.361 e. The molecule has 32 heavy (non-hydrogen) atoms. The molecule has 1 aromatic heterocycles. The molecule has 2 aromatic rings. The number of nitro groups is 1. The summed E-state index contributed by atoms with van der Waals surface area (Å²) in [6, 6.07) is 6.87. The van der Waals surface area contributed by atoms with Gasteiger partial charge < -0.3 is 25.4 Å². The fourth-order valence-electron chi connectivity index (χ4n) is 4.31. The molecule has 0 spiro atoms. The first-order chi connectivity index (χ1) is 15.5. The van der Waals surface area contributed by atoms with E-state index < -0.39 is 11.0 Å². The van der Waals surface area contributed by atoms with E-state index in [9.17, 15) is 19.7 Å². The van der Waals surface area contributed by atoms with E-state index in [4.69, 9.17) is 0 Å². The SMILES string of the molecule is O=C(CN1CCCC[C@H](NC(=C[N+](=O)[O-])Nc2ccc3cc[nH]c3c2)C1=O)N1CCCC1. The number of nitrogens with one attached hydrogen (secondary N) is 3. The molecule has 0 unspecified atom stereocenters. The molecular formula is C22H28N6O4. The zero-order valence-electron chi connectivity index (χ0n) is 17.9. The molecule has 1 atom stereocenters. The Bertz CT molecular complexity index is 1030. The van der Waals surface area contributed by atoms with Crippen LogP contribution in [0, 0.1) is 10.1 Å². The van der Waals surface area contributed by atoms with Gasteiger partial charge in [0, 0.05) is 37.0 Å². The lowest BCUT2D eigenvalue weighted by atomic mass is 10.1. The van der Waals surface area contributed by atoms with Gasteiger partial charge >= 0.3 is 0 Å². The lowest BCUT2D eigenvalue weighted by Crippen LogP contribution is -2.49. The number of carbonyl (C=O) groups is 2. The quantitative estimate of drug-likeness (QED) is 0.448. The van der Waals surface area contributed by atoms with Gasteiger partial charge in [0.25, 0.3) is 6.20 Å². The minimum atomic E-state index is -0.642. The van der Waals surface area contributed by atoms with Crippen molar-refractivity contribution < 1.29 is 14.5 Å². The third-order valence-corrected chi connectivity index (χ3v) is 5.96. The predicted octanol–water partition coefficient (Wildman–Crippen LogP) is 2.25. The van der Waals surface area contributed by atoms with Crippen molar-refractivity contribution in [1.29, 1.82) is 0 Å². The van der Waals surface area contributed by atoms with Gasteiger partial charge in [0.2, 0.25) is 11.8 Å². The monoisotopic (exact) mass is 440 g/mol. The van der Waals surface area contributed by atoms with Crippen molar-refractivity contribution >= 4 is 28.4 Å². The molecule has 2 aliphatic rings. The fourth-order valence-corrected chi connectivity index (χ4v) is 4.31. The summed E-state index contributed by atoms with van der Waals surface area (Å²) in [6.07, 6.45) is 6.78.